The number of azo groups is 2. The summed E-state index contributed by atoms with van der Waals surface area (Å²) in [6.07, 6.45) is 13.4. The van der Waals surface area contributed by atoms with Crippen molar-refractivity contribution >= 4 is 50.0 Å². The molecule has 0 spiro atoms. The van der Waals surface area contributed by atoms with Crippen LogP contribution < -0.4 is 4.90 Å². The molecular weight excluding hydrogens is 596 g/mol. The van der Waals surface area contributed by atoms with E-state index in [4.69, 9.17) is 11.6 Å². The fourth-order valence-electron chi connectivity index (χ4n) is 5.41. The zero-order valence-electron chi connectivity index (χ0n) is 27.9. The minimum Gasteiger partial charge on any atom is -0.371 e. The molecule has 2 unspecified atom stereocenters. The van der Waals surface area contributed by atoms with Crippen molar-refractivity contribution in [3.05, 3.63) is 64.7 Å². The van der Waals surface area contributed by atoms with Crippen molar-refractivity contribution in [2.75, 3.05) is 18.0 Å². The number of benzene rings is 2. The zero-order chi connectivity index (χ0) is 32.4. The molecule has 1 heterocycles. The molecule has 242 valence electrons. The Hall–Kier alpha value is -3.08. The van der Waals surface area contributed by atoms with Crippen LogP contribution in [0.25, 0.3) is 0 Å². The summed E-state index contributed by atoms with van der Waals surface area (Å²) in [4.78, 5) is 2.59. The third kappa shape index (κ3) is 11.7. The standard InChI is InChI=1S/C37H51ClN6S/c1-6-11-14-28(9-4)26-44(27-29(10-5)15-12-7-2)33-23-21-32(22-24-33)40-42-36-34(25-39)35(38)37(45-36)43-41-31-19-17-30(18-20-31)16-13-8-3/h17-24,28-29H,6-16,26-27H2,1-5H3/b42-40+,43-41?. The molecule has 0 radical (unpaired) electrons. The molecule has 8 heteroatoms. The molecule has 1 aromatic heterocycles. The lowest BCUT2D eigenvalue weighted by Gasteiger charge is -2.32. The quantitative estimate of drug-likeness (QED) is 0.114. The maximum absolute atomic E-state index is 9.78. The number of nitrogens with zero attached hydrogens (tertiary/aromatic N) is 6. The first kappa shape index (κ1) is 36.4. The summed E-state index contributed by atoms with van der Waals surface area (Å²) in [5, 5.41) is 28.5. The summed E-state index contributed by atoms with van der Waals surface area (Å²) in [5.74, 6) is 1.38. The van der Waals surface area contributed by atoms with Crippen LogP contribution in [0.3, 0.4) is 0 Å². The first-order valence-electron chi connectivity index (χ1n) is 17.0. The summed E-state index contributed by atoms with van der Waals surface area (Å²) < 4.78 is 0. The highest BCUT2D eigenvalue weighted by Gasteiger charge is 2.19. The van der Waals surface area contributed by atoms with Gasteiger partial charge in [-0.25, -0.2) is 0 Å². The maximum Gasteiger partial charge on any atom is 0.161 e. The van der Waals surface area contributed by atoms with Crippen molar-refractivity contribution in [3.63, 3.8) is 0 Å². The number of unbranched alkanes of at least 4 members (excludes halogenated alkanes) is 3. The number of hydrogen-bond donors (Lipinski definition) is 0. The van der Waals surface area contributed by atoms with Gasteiger partial charge in [0.2, 0.25) is 0 Å². The fraction of sp³-hybridized carbons (Fsp3) is 0.541. The summed E-state index contributed by atoms with van der Waals surface area (Å²) in [5.41, 5.74) is 4.26. The summed E-state index contributed by atoms with van der Waals surface area (Å²) in [6.45, 7) is 13.5. The van der Waals surface area contributed by atoms with Crippen LogP contribution in [-0.2, 0) is 6.42 Å². The summed E-state index contributed by atoms with van der Waals surface area (Å²) in [7, 11) is 0. The Bertz CT molecular complexity index is 1360. The van der Waals surface area contributed by atoms with E-state index >= 15 is 0 Å². The Balaban J connectivity index is 1.76. The van der Waals surface area contributed by atoms with Crippen molar-refractivity contribution in [2.45, 2.75) is 105 Å². The van der Waals surface area contributed by atoms with Gasteiger partial charge in [0, 0.05) is 18.8 Å². The van der Waals surface area contributed by atoms with Gasteiger partial charge in [-0.3, -0.25) is 0 Å². The van der Waals surface area contributed by atoms with Crippen LogP contribution in [0.2, 0.25) is 5.02 Å². The lowest BCUT2D eigenvalue weighted by molar-refractivity contribution is 0.403. The van der Waals surface area contributed by atoms with Crippen LogP contribution in [0.5, 0.6) is 0 Å². The van der Waals surface area contributed by atoms with Crippen LogP contribution >= 0.6 is 22.9 Å². The van der Waals surface area contributed by atoms with Gasteiger partial charge in [0.1, 0.15) is 11.6 Å². The smallest absolute Gasteiger partial charge is 0.161 e. The molecule has 0 amide bonds. The van der Waals surface area contributed by atoms with E-state index < -0.39 is 0 Å². The number of anilines is 1. The topological polar surface area (TPSA) is 76.5 Å². The lowest BCUT2D eigenvalue weighted by atomic mass is 9.95. The van der Waals surface area contributed by atoms with Gasteiger partial charge in [0.15, 0.2) is 10.0 Å². The van der Waals surface area contributed by atoms with Crippen LogP contribution in [0.1, 0.15) is 110 Å². The Kier molecular flexibility index (Phi) is 16.3. The normalized spacial score (nSPS) is 13.0. The molecule has 6 nitrogen and oxygen atoms in total. The van der Waals surface area contributed by atoms with E-state index in [0.717, 1.165) is 30.9 Å². The predicted octanol–water partition coefficient (Wildman–Crippen LogP) is 13.7. The molecule has 3 aromatic rings. The molecule has 0 N–H and O–H groups in total. The molecule has 0 aliphatic rings. The molecule has 0 bridgehead atoms. The van der Waals surface area contributed by atoms with Crippen molar-refractivity contribution in [1.82, 2.24) is 0 Å². The fourth-order valence-corrected chi connectivity index (χ4v) is 6.54. The molecule has 0 saturated carbocycles. The van der Waals surface area contributed by atoms with Gasteiger partial charge in [0.25, 0.3) is 0 Å². The molecule has 0 aliphatic heterocycles. The Morgan fingerprint density at radius 2 is 1.22 bits per heavy atom. The van der Waals surface area contributed by atoms with E-state index in [1.807, 2.05) is 24.3 Å². The summed E-state index contributed by atoms with van der Waals surface area (Å²) >= 11 is 7.73. The number of thiophene rings is 1. The molecule has 2 aromatic carbocycles. The second-order valence-electron chi connectivity index (χ2n) is 11.9. The van der Waals surface area contributed by atoms with E-state index in [1.54, 1.807) is 0 Å². The van der Waals surface area contributed by atoms with Crippen LogP contribution in [0.15, 0.2) is 69.0 Å². The van der Waals surface area contributed by atoms with Gasteiger partial charge in [-0.15, -0.1) is 20.5 Å². The van der Waals surface area contributed by atoms with Crippen molar-refractivity contribution in [2.24, 2.45) is 32.3 Å². The average molecular weight is 647 g/mol. The lowest BCUT2D eigenvalue weighted by Crippen LogP contribution is -2.34. The van der Waals surface area contributed by atoms with Crippen LogP contribution in [0.4, 0.5) is 27.1 Å². The minimum absolute atomic E-state index is 0.257. The van der Waals surface area contributed by atoms with Gasteiger partial charge in [-0.2, -0.15) is 5.26 Å². The van der Waals surface area contributed by atoms with E-state index in [1.165, 1.54) is 86.8 Å². The third-order valence-corrected chi connectivity index (χ3v) is 9.89. The van der Waals surface area contributed by atoms with Crippen molar-refractivity contribution < 1.29 is 0 Å². The van der Waals surface area contributed by atoms with Gasteiger partial charge in [0.05, 0.1) is 16.4 Å². The van der Waals surface area contributed by atoms with Crippen molar-refractivity contribution in [3.8, 4) is 6.07 Å². The van der Waals surface area contributed by atoms with Gasteiger partial charge in [-0.1, -0.05) is 115 Å². The second kappa shape index (κ2) is 20.1. The first-order chi connectivity index (χ1) is 22.0. The zero-order valence-corrected chi connectivity index (χ0v) is 29.5. The molecule has 45 heavy (non-hydrogen) atoms. The monoisotopic (exact) mass is 646 g/mol. The molecule has 2 atom stereocenters. The minimum atomic E-state index is 0.257. The van der Waals surface area contributed by atoms with Crippen molar-refractivity contribution in [1.29, 1.82) is 5.26 Å². The SMILES string of the molecule is CCCCc1ccc(N=Nc2sc(/N=N/c3ccc(N(CC(CC)CCCC)CC(CC)CCCC)cc3)c(C#N)c2Cl)cc1. The highest BCUT2D eigenvalue weighted by Crippen LogP contribution is 2.45. The van der Waals surface area contributed by atoms with E-state index in [-0.39, 0.29) is 10.6 Å². The molecular formula is C37H51ClN6S. The Morgan fingerprint density at radius 3 is 1.71 bits per heavy atom. The van der Waals surface area contributed by atoms with E-state index in [2.05, 4.69) is 90.3 Å². The molecule has 0 saturated heterocycles. The van der Waals surface area contributed by atoms with E-state index in [9.17, 15) is 5.26 Å². The summed E-state index contributed by atoms with van der Waals surface area (Å²) in [6, 6.07) is 18.6. The van der Waals surface area contributed by atoms with E-state index in [0.29, 0.717) is 21.8 Å². The predicted molar refractivity (Wildman–Crippen MR) is 193 cm³/mol. The molecule has 0 aliphatic carbocycles. The molecule has 3 rings (SSSR count). The van der Waals surface area contributed by atoms with Crippen LogP contribution in [-0.4, -0.2) is 13.1 Å². The van der Waals surface area contributed by atoms with Gasteiger partial charge >= 0.3 is 0 Å². The average Bonchev–Trinajstić information content (AvgIpc) is 3.38. The highest BCUT2D eigenvalue weighted by atomic mass is 35.5. The number of halogens is 1. The first-order valence-corrected chi connectivity index (χ1v) is 18.1. The maximum atomic E-state index is 9.78. The van der Waals surface area contributed by atoms with Crippen LogP contribution in [0, 0.1) is 23.2 Å². The Labute approximate surface area is 280 Å². The number of nitriles is 1. The van der Waals surface area contributed by atoms with Gasteiger partial charge in [-0.05, 0) is 79.5 Å². The number of rotatable bonds is 20. The second-order valence-corrected chi connectivity index (χ2v) is 13.3. The van der Waals surface area contributed by atoms with Gasteiger partial charge < -0.3 is 4.90 Å². The number of hydrogen-bond acceptors (Lipinski definition) is 7. The third-order valence-electron chi connectivity index (χ3n) is 8.45. The Morgan fingerprint density at radius 1 is 0.711 bits per heavy atom. The largest absolute Gasteiger partial charge is 0.371 e. The molecule has 0 fully saturated rings. The number of aryl methyl sites for hydroxylation is 1. The highest BCUT2D eigenvalue weighted by molar-refractivity contribution is 7.20.